The van der Waals surface area contributed by atoms with Crippen LogP contribution in [0.3, 0.4) is 0 Å². The first-order valence-electron chi connectivity index (χ1n) is 8.61. The molecule has 0 radical (unpaired) electrons. The van der Waals surface area contributed by atoms with Gasteiger partial charge in [-0.2, -0.15) is 4.31 Å². The summed E-state index contributed by atoms with van der Waals surface area (Å²) in [5, 5.41) is 10.2. The largest absolute Gasteiger partial charge is 0.395 e. The predicted octanol–water partition coefficient (Wildman–Crippen LogP) is 2.33. The van der Waals surface area contributed by atoms with E-state index in [1.54, 1.807) is 18.2 Å². The summed E-state index contributed by atoms with van der Waals surface area (Å²) in [5.41, 5.74) is 2.67. The fourth-order valence-electron chi connectivity index (χ4n) is 2.92. The third-order valence-electron chi connectivity index (χ3n) is 4.43. The number of sulfonamides is 1. The van der Waals surface area contributed by atoms with Crippen LogP contribution in [0.15, 0.2) is 58.2 Å². The Morgan fingerprint density at radius 3 is 2.33 bits per heavy atom. The van der Waals surface area contributed by atoms with Gasteiger partial charge in [-0.25, -0.2) is 8.42 Å². The molecule has 0 atom stereocenters. The first kappa shape index (κ1) is 19.3. The maximum atomic E-state index is 13.0. The van der Waals surface area contributed by atoms with Crippen molar-refractivity contribution >= 4 is 20.9 Å². The van der Waals surface area contributed by atoms with E-state index in [1.165, 1.54) is 12.1 Å². The highest BCUT2D eigenvalue weighted by atomic mass is 32.2. The summed E-state index contributed by atoms with van der Waals surface area (Å²) < 4.78 is 27.0. The van der Waals surface area contributed by atoms with Gasteiger partial charge in [0.2, 0.25) is 10.0 Å². The second-order valence-corrected chi connectivity index (χ2v) is 8.53. The summed E-state index contributed by atoms with van der Waals surface area (Å²) in [6.07, 6.45) is 0. The molecule has 0 saturated heterocycles. The lowest BCUT2D eigenvalue weighted by Gasteiger charge is -2.21. The Bertz CT molecular complexity index is 1120. The molecule has 142 valence electrons. The van der Waals surface area contributed by atoms with Gasteiger partial charge in [0.25, 0.3) is 5.56 Å². The SMILES string of the molecule is Cc1ccc(S(=O)(=O)N(CCO)Cc2cc3ccc(C)cc3[nH]c2=O)cc1. The summed E-state index contributed by atoms with van der Waals surface area (Å²) in [6, 6.07) is 13.9. The van der Waals surface area contributed by atoms with Crippen LogP contribution in [0.25, 0.3) is 10.9 Å². The van der Waals surface area contributed by atoms with Crippen molar-refractivity contribution in [1.29, 1.82) is 0 Å². The summed E-state index contributed by atoms with van der Waals surface area (Å²) in [4.78, 5) is 15.4. The van der Waals surface area contributed by atoms with Crippen LogP contribution in [0.5, 0.6) is 0 Å². The third kappa shape index (κ3) is 4.10. The van der Waals surface area contributed by atoms with Crippen molar-refractivity contribution in [2.24, 2.45) is 0 Å². The van der Waals surface area contributed by atoms with Crippen molar-refractivity contribution in [1.82, 2.24) is 9.29 Å². The van der Waals surface area contributed by atoms with Gasteiger partial charge in [0.1, 0.15) is 0 Å². The zero-order valence-electron chi connectivity index (χ0n) is 15.3. The second kappa shape index (κ2) is 7.64. The molecule has 0 spiro atoms. The molecule has 1 heterocycles. The van der Waals surface area contributed by atoms with Crippen molar-refractivity contribution in [2.45, 2.75) is 25.3 Å². The molecule has 2 aromatic carbocycles. The maximum Gasteiger partial charge on any atom is 0.252 e. The lowest BCUT2D eigenvalue weighted by Crippen LogP contribution is -2.35. The number of benzene rings is 2. The molecule has 1 aromatic heterocycles. The fourth-order valence-corrected chi connectivity index (χ4v) is 4.33. The van der Waals surface area contributed by atoms with Crippen LogP contribution in [0.1, 0.15) is 16.7 Å². The van der Waals surface area contributed by atoms with Gasteiger partial charge in [-0.05, 0) is 49.1 Å². The van der Waals surface area contributed by atoms with Crippen LogP contribution < -0.4 is 5.56 Å². The lowest BCUT2D eigenvalue weighted by molar-refractivity contribution is 0.251. The number of fused-ring (bicyclic) bond motifs is 1. The molecule has 0 amide bonds. The molecule has 27 heavy (non-hydrogen) atoms. The van der Waals surface area contributed by atoms with Crippen LogP contribution in [0.4, 0.5) is 0 Å². The van der Waals surface area contributed by atoms with Crippen molar-refractivity contribution in [2.75, 3.05) is 13.2 Å². The zero-order valence-corrected chi connectivity index (χ0v) is 16.1. The second-order valence-electron chi connectivity index (χ2n) is 6.59. The summed E-state index contributed by atoms with van der Waals surface area (Å²) in [5.74, 6) is 0. The molecule has 0 aliphatic carbocycles. The quantitative estimate of drug-likeness (QED) is 0.680. The smallest absolute Gasteiger partial charge is 0.252 e. The van der Waals surface area contributed by atoms with Crippen molar-refractivity contribution < 1.29 is 13.5 Å². The third-order valence-corrected chi connectivity index (χ3v) is 6.29. The minimum Gasteiger partial charge on any atom is -0.395 e. The van der Waals surface area contributed by atoms with Gasteiger partial charge in [0.05, 0.1) is 11.5 Å². The van der Waals surface area contributed by atoms with E-state index in [4.69, 9.17) is 0 Å². The highest BCUT2D eigenvalue weighted by molar-refractivity contribution is 7.89. The summed E-state index contributed by atoms with van der Waals surface area (Å²) in [6.45, 7) is 3.26. The number of nitrogens with one attached hydrogen (secondary N) is 1. The lowest BCUT2D eigenvalue weighted by atomic mass is 10.1. The normalized spacial score (nSPS) is 12.0. The van der Waals surface area contributed by atoms with Crippen LogP contribution in [0, 0.1) is 13.8 Å². The van der Waals surface area contributed by atoms with Gasteiger partial charge in [0.15, 0.2) is 0 Å². The van der Waals surface area contributed by atoms with E-state index in [1.807, 2.05) is 32.0 Å². The Balaban J connectivity index is 2.00. The molecule has 0 fully saturated rings. The maximum absolute atomic E-state index is 13.0. The monoisotopic (exact) mass is 386 g/mol. The molecule has 0 bridgehead atoms. The molecular formula is C20H22N2O4S. The van der Waals surface area contributed by atoms with E-state index in [9.17, 15) is 18.3 Å². The summed E-state index contributed by atoms with van der Waals surface area (Å²) in [7, 11) is -3.83. The Hall–Kier alpha value is -2.48. The molecule has 0 saturated carbocycles. The molecule has 3 rings (SSSR count). The van der Waals surface area contributed by atoms with E-state index in [0.29, 0.717) is 11.1 Å². The molecule has 2 N–H and O–H groups in total. The van der Waals surface area contributed by atoms with E-state index in [-0.39, 0.29) is 30.2 Å². The minimum atomic E-state index is -3.83. The minimum absolute atomic E-state index is 0.0957. The van der Waals surface area contributed by atoms with Gasteiger partial charge >= 0.3 is 0 Å². The zero-order chi connectivity index (χ0) is 19.6. The van der Waals surface area contributed by atoms with E-state index < -0.39 is 10.0 Å². The van der Waals surface area contributed by atoms with Crippen LogP contribution >= 0.6 is 0 Å². The number of H-pyrrole nitrogens is 1. The van der Waals surface area contributed by atoms with Gasteiger partial charge in [-0.3, -0.25) is 4.79 Å². The molecule has 6 nitrogen and oxygen atoms in total. The van der Waals surface area contributed by atoms with Crippen molar-refractivity contribution in [3.05, 3.63) is 75.6 Å². The van der Waals surface area contributed by atoms with E-state index in [0.717, 1.165) is 20.8 Å². The predicted molar refractivity (Wildman–Crippen MR) is 105 cm³/mol. The summed E-state index contributed by atoms with van der Waals surface area (Å²) >= 11 is 0. The van der Waals surface area contributed by atoms with Gasteiger partial charge < -0.3 is 10.1 Å². The topological polar surface area (TPSA) is 90.5 Å². The first-order chi connectivity index (χ1) is 12.8. The number of aliphatic hydroxyl groups excluding tert-OH is 1. The van der Waals surface area contributed by atoms with Crippen LogP contribution in [0.2, 0.25) is 0 Å². The molecular weight excluding hydrogens is 364 g/mol. The average Bonchev–Trinajstić information content (AvgIpc) is 2.62. The number of aromatic amines is 1. The van der Waals surface area contributed by atoms with Crippen molar-refractivity contribution in [3.8, 4) is 0 Å². The van der Waals surface area contributed by atoms with Gasteiger partial charge in [-0.1, -0.05) is 29.8 Å². The van der Waals surface area contributed by atoms with Crippen molar-refractivity contribution in [3.63, 3.8) is 0 Å². The number of hydrogen-bond donors (Lipinski definition) is 2. The van der Waals surface area contributed by atoms with E-state index >= 15 is 0 Å². The average molecular weight is 386 g/mol. The fraction of sp³-hybridized carbons (Fsp3) is 0.250. The van der Waals surface area contributed by atoms with Crippen LogP contribution in [-0.2, 0) is 16.6 Å². The number of aromatic nitrogens is 1. The molecule has 3 aromatic rings. The molecule has 0 aliphatic rings. The first-order valence-corrected chi connectivity index (χ1v) is 10.1. The van der Waals surface area contributed by atoms with E-state index in [2.05, 4.69) is 4.98 Å². The molecule has 7 heteroatoms. The number of nitrogens with zero attached hydrogens (tertiary/aromatic N) is 1. The number of aliphatic hydroxyl groups is 1. The standard InChI is InChI=1S/C20H22N2O4S/c1-14-4-7-18(8-5-14)27(25,26)22(9-10-23)13-17-12-16-6-3-15(2)11-19(16)21-20(17)24/h3-8,11-12,23H,9-10,13H2,1-2H3,(H,21,24). The van der Waals surface area contributed by atoms with Gasteiger partial charge in [0, 0.05) is 24.2 Å². The Morgan fingerprint density at radius 1 is 1.00 bits per heavy atom. The molecule has 0 unspecified atom stereocenters. The highest BCUT2D eigenvalue weighted by Gasteiger charge is 2.25. The van der Waals surface area contributed by atoms with Crippen LogP contribution in [-0.4, -0.2) is 36.0 Å². The number of aryl methyl sites for hydroxylation is 2. The number of pyridine rings is 1. The number of rotatable bonds is 6. The Morgan fingerprint density at radius 2 is 1.67 bits per heavy atom. The number of hydrogen-bond acceptors (Lipinski definition) is 4. The molecule has 0 aliphatic heterocycles. The Labute approximate surface area is 158 Å². The van der Waals surface area contributed by atoms with Gasteiger partial charge in [-0.15, -0.1) is 0 Å². The Kier molecular flexibility index (Phi) is 5.46. The highest BCUT2D eigenvalue weighted by Crippen LogP contribution is 2.19.